The molecule has 5 aliphatic rings. The Morgan fingerprint density at radius 2 is 1.84 bits per heavy atom. The van der Waals surface area contributed by atoms with Crippen molar-refractivity contribution in [2.45, 2.75) is 62.9 Å². The monoisotopic (exact) mass is 666 g/mol. The van der Waals surface area contributed by atoms with Gasteiger partial charge in [0.25, 0.3) is 0 Å². The second kappa shape index (κ2) is 14.2. The molecule has 3 saturated heterocycles. The van der Waals surface area contributed by atoms with Crippen LogP contribution in [0.25, 0.3) is 0 Å². The summed E-state index contributed by atoms with van der Waals surface area (Å²) in [6.07, 6.45) is 6.93. The van der Waals surface area contributed by atoms with E-state index in [4.69, 9.17) is 14.2 Å². The van der Waals surface area contributed by atoms with Crippen LogP contribution >= 0.6 is 15.9 Å². The van der Waals surface area contributed by atoms with Crippen LogP contribution in [0.3, 0.4) is 0 Å². The number of aliphatic hydroxyl groups excluding tert-OH is 1. The molecular formula is C30H43BrN4O8. The number of hydrogen-bond acceptors (Lipinski definition) is 9. The van der Waals surface area contributed by atoms with E-state index in [1.54, 1.807) is 16.7 Å². The number of aliphatic hydroxyl groups is 1. The molecule has 5 aliphatic heterocycles. The minimum atomic E-state index is -1.31. The second-order valence-electron chi connectivity index (χ2n) is 11.9. The van der Waals surface area contributed by atoms with Gasteiger partial charge in [0, 0.05) is 56.8 Å². The van der Waals surface area contributed by atoms with E-state index < -0.39 is 41.7 Å². The number of carbonyl (C=O) groups excluding carboxylic acids is 4. The number of hydrogen-bond donors (Lipinski definition) is 2. The minimum Gasteiger partial charge on any atom is -0.460 e. The Morgan fingerprint density at radius 1 is 1.05 bits per heavy atom. The van der Waals surface area contributed by atoms with Gasteiger partial charge in [0.2, 0.25) is 17.7 Å². The van der Waals surface area contributed by atoms with Crippen molar-refractivity contribution in [3.8, 4) is 0 Å². The molecule has 3 amide bonds. The van der Waals surface area contributed by atoms with Gasteiger partial charge >= 0.3 is 5.97 Å². The first-order valence-electron chi connectivity index (χ1n) is 15.5. The van der Waals surface area contributed by atoms with Crippen molar-refractivity contribution in [2.75, 3.05) is 65.6 Å². The molecule has 1 spiro atoms. The van der Waals surface area contributed by atoms with Gasteiger partial charge in [0.1, 0.15) is 29.8 Å². The number of allylic oxidation sites excluding steroid dienone is 1. The quantitative estimate of drug-likeness (QED) is 0.216. The number of amides is 3. The highest BCUT2D eigenvalue weighted by Crippen LogP contribution is 2.58. The van der Waals surface area contributed by atoms with Crippen LogP contribution in [0.5, 0.6) is 0 Å². The van der Waals surface area contributed by atoms with Crippen LogP contribution in [-0.4, -0.2) is 133 Å². The normalized spacial score (nSPS) is 34.7. The standard InChI is InChI=1S/C30H43BrN4O8/c1-20-19-32-22(37)8-4-2-5-9-34(12-11-33-13-16-41-17-14-33)28(39)26-30-18-21(31)25(43-30)23(29(40)42-20)24(30)27(38)35(26)10-6-3-7-15-36/h2,5,18,20,23-26,36H,3-4,6-17,19H2,1H3,(H,32,37)/b5-2-/t20-,23+,24-,25+,26+,30-/m1/s1. The smallest absolute Gasteiger partial charge is 0.313 e. The van der Waals surface area contributed by atoms with Crippen LogP contribution in [-0.2, 0) is 33.4 Å². The summed E-state index contributed by atoms with van der Waals surface area (Å²) >= 11 is 3.57. The predicted molar refractivity (Wildman–Crippen MR) is 159 cm³/mol. The molecule has 43 heavy (non-hydrogen) atoms. The molecule has 12 nitrogen and oxygen atoms in total. The number of nitrogens with zero attached hydrogens (tertiary/aromatic N) is 3. The van der Waals surface area contributed by atoms with Gasteiger partial charge in [-0.05, 0) is 38.7 Å². The summed E-state index contributed by atoms with van der Waals surface area (Å²) in [5.74, 6) is -3.12. The third-order valence-corrected chi connectivity index (χ3v) is 9.71. The van der Waals surface area contributed by atoms with E-state index in [1.807, 2.05) is 18.2 Å². The number of nitrogens with one attached hydrogen (secondary N) is 1. The zero-order chi connectivity index (χ0) is 30.6. The van der Waals surface area contributed by atoms with Gasteiger partial charge in [0.05, 0.1) is 25.7 Å². The highest BCUT2D eigenvalue weighted by molar-refractivity contribution is 9.11. The summed E-state index contributed by atoms with van der Waals surface area (Å²) in [6.45, 7) is 6.45. The van der Waals surface area contributed by atoms with Crippen molar-refractivity contribution in [1.29, 1.82) is 0 Å². The van der Waals surface area contributed by atoms with Gasteiger partial charge in [0.15, 0.2) is 0 Å². The highest BCUT2D eigenvalue weighted by atomic mass is 79.9. The van der Waals surface area contributed by atoms with Crippen LogP contribution in [0.1, 0.15) is 39.0 Å². The molecule has 0 saturated carbocycles. The van der Waals surface area contributed by atoms with E-state index in [0.29, 0.717) is 69.6 Å². The fraction of sp³-hybridized carbons (Fsp3) is 0.733. The van der Waals surface area contributed by atoms with Crippen LogP contribution in [0, 0.1) is 11.8 Å². The van der Waals surface area contributed by atoms with Crippen molar-refractivity contribution >= 4 is 39.6 Å². The van der Waals surface area contributed by atoms with Crippen LogP contribution in [0.4, 0.5) is 0 Å². The molecule has 5 heterocycles. The summed E-state index contributed by atoms with van der Waals surface area (Å²) in [5.41, 5.74) is -1.31. The first kappa shape index (κ1) is 32.1. The maximum absolute atomic E-state index is 14.6. The number of rotatable bonds is 8. The number of esters is 1. The lowest BCUT2D eigenvalue weighted by molar-refractivity contribution is -0.158. The van der Waals surface area contributed by atoms with E-state index in [9.17, 15) is 24.3 Å². The molecule has 2 N–H and O–H groups in total. The SMILES string of the molecule is C[C@@H]1CNC(=O)CC/C=C\CN(CCN2CCOCC2)C(=O)[C@@H]2N(CCCCCO)C(=O)[C@H]3[C@H](C(=O)O1)[C@H]1O[C@@]23C=C1Br. The molecule has 6 atom stereocenters. The Kier molecular flexibility index (Phi) is 10.6. The summed E-state index contributed by atoms with van der Waals surface area (Å²) in [6, 6.07) is -0.955. The van der Waals surface area contributed by atoms with Gasteiger partial charge in [-0.25, -0.2) is 0 Å². The van der Waals surface area contributed by atoms with Gasteiger partial charge < -0.3 is 34.4 Å². The third kappa shape index (κ3) is 6.70. The number of ether oxygens (including phenoxy) is 3. The summed E-state index contributed by atoms with van der Waals surface area (Å²) in [4.78, 5) is 60.4. The summed E-state index contributed by atoms with van der Waals surface area (Å²) < 4.78 is 18.4. The lowest BCUT2D eigenvalue weighted by Gasteiger charge is -2.37. The Morgan fingerprint density at radius 3 is 2.60 bits per heavy atom. The Labute approximate surface area is 260 Å². The third-order valence-electron chi connectivity index (χ3n) is 9.03. The number of carbonyl (C=O) groups is 4. The number of unbranched alkanes of at least 4 members (excludes halogenated alkanes) is 2. The van der Waals surface area contributed by atoms with Crippen molar-refractivity contribution < 1.29 is 38.5 Å². The molecule has 0 aliphatic carbocycles. The van der Waals surface area contributed by atoms with Gasteiger partial charge in [-0.2, -0.15) is 0 Å². The predicted octanol–water partition coefficient (Wildman–Crippen LogP) is 0.581. The van der Waals surface area contributed by atoms with Crippen molar-refractivity contribution in [1.82, 2.24) is 20.0 Å². The molecule has 5 rings (SSSR count). The van der Waals surface area contributed by atoms with Crippen molar-refractivity contribution in [3.05, 3.63) is 22.7 Å². The van der Waals surface area contributed by atoms with Crippen LogP contribution in [0.2, 0.25) is 0 Å². The highest BCUT2D eigenvalue weighted by Gasteiger charge is 2.74. The first-order valence-corrected chi connectivity index (χ1v) is 16.2. The minimum absolute atomic E-state index is 0.0531. The molecule has 13 heteroatoms. The molecule has 0 aromatic carbocycles. The molecule has 5 bridgehead atoms. The zero-order valence-electron chi connectivity index (χ0n) is 24.7. The van der Waals surface area contributed by atoms with Gasteiger partial charge in [-0.3, -0.25) is 24.1 Å². The fourth-order valence-electron chi connectivity index (χ4n) is 6.83. The van der Waals surface area contributed by atoms with E-state index >= 15 is 0 Å². The number of likely N-dealkylation sites (tertiary alicyclic amines) is 1. The maximum Gasteiger partial charge on any atom is 0.313 e. The summed E-state index contributed by atoms with van der Waals surface area (Å²) in [5, 5.41) is 12.1. The van der Waals surface area contributed by atoms with Crippen LogP contribution in [0.15, 0.2) is 22.7 Å². The van der Waals surface area contributed by atoms with Crippen molar-refractivity contribution in [2.24, 2.45) is 11.8 Å². The Hall–Kier alpha value is -2.32. The number of morpholine rings is 1. The average molecular weight is 668 g/mol. The lowest BCUT2D eigenvalue weighted by atomic mass is 9.74. The number of halogens is 1. The Balaban J connectivity index is 1.49. The second-order valence-corrected chi connectivity index (χ2v) is 12.9. The Bertz CT molecular complexity index is 1130. The van der Waals surface area contributed by atoms with E-state index in [-0.39, 0.29) is 37.3 Å². The maximum atomic E-state index is 14.6. The average Bonchev–Trinajstić information content (AvgIpc) is 3.58. The van der Waals surface area contributed by atoms with E-state index in [1.165, 1.54) is 0 Å². The largest absolute Gasteiger partial charge is 0.460 e. The van der Waals surface area contributed by atoms with Gasteiger partial charge in [-0.15, -0.1) is 0 Å². The molecule has 238 valence electrons. The fourth-order valence-corrected chi connectivity index (χ4v) is 7.56. The zero-order valence-corrected chi connectivity index (χ0v) is 26.3. The summed E-state index contributed by atoms with van der Waals surface area (Å²) in [7, 11) is 0. The molecule has 0 aromatic heterocycles. The molecule has 0 radical (unpaired) electrons. The molecule has 3 fully saturated rings. The molecular weight excluding hydrogens is 624 g/mol. The molecule has 0 unspecified atom stereocenters. The first-order chi connectivity index (χ1) is 20.8. The van der Waals surface area contributed by atoms with Gasteiger partial charge in [-0.1, -0.05) is 28.1 Å². The molecule has 0 aromatic rings. The van der Waals surface area contributed by atoms with Crippen molar-refractivity contribution in [3.63, 3.8) is 0 Å². The topological polar surface area (TPSA) is 138 Å². The number of cyclic esters (lactones) is 1. The lowest BCUT2D eigenvalue weighted by Crippen LogP contribution is -2.57. The van der Waals surface area contributed by atoms with Crippen LogP contribution < -0.4 is 5.32 Å². The van der Waals surface area contributed by atoms with E-state index in [0.717, 1.165) is 13.1 Å². The number of fused-ring (bicyclic) bond motifs is 2. The van der Waals surface area contributed by atoms with E-state index in [2.05, 4.69) is 26.1 Å².